The Hall–Kier alpha value is -0.900. The van der Waals surface area contributed by atoms with E-state index in [-0.39, 0.29) is 0 Å². The predicted molar refractivity (Wildman–Crippen MR) is 61.6 cm³/mol. The molecule has 0 aliphatic carbocycles. The molecule has 1 rings (SSSR count). The Morgan fingerprint density at radius 3 is 2.40 bits per heavy atom. The van der Waals surface area contributed by atoms with Gasteiger partial charge in [0.05, 0.1) is 0 Å². The van der Waals surface area contributed by atoms with Crippen molar-refractivity contribution in [3.8, 4) is 0 Å². The van der Waals surface area contributed by atoms with E-state index in [4.69, 9.17) is 0 Å². The fourth-order valence-corrected chi connectivity index (χ4v) is 1.35. The molecule has 0 bridgehead atoms. The first-order chi connectivity index (χ1) is 7.08. The van der Waals surface area contributed by atoms with Crippen LogP contribution in [0.2, 0.25) is 0 Å². The van der Waals surface area contributed by atoms with Gasteiger partial charge < -0.3 is 9.88 Å². The number of nitrogens with one attached hydrogen (secondary N) is 1. The summed E-state index contributed by atoms with van der Waals surface area (Å²) in [5.74, 6) is 0. The van der Waals surface area contributed by atoms with Crippen LogP contribution >= 0.6 is 0 Å². The minimum Gasteiger partial charge on any atom is -0.320 e. The van der Waals surface area contributed by atoms with Crippen LogP contribution in [0.1, 0.15) is 33.6 Å². The third-order valence-corrected chi connectivity index (χ3v) is 2.14. The minimum atomic E-state index is 0.383. The summed E-state index contributed by atoms with van der Waals surface area (Å²) in [4.78, 5) is 0. The van der Waals surface area contributed by atoms with E-state index in [1.165, 1.54) is 12.8 Å². The standard InChI is InChI=1S/C11H22N4/c1-11(2,3)8-12-6-4-5-7-15-9-13-14-10-15/h9-10,12H,4-8H2,1-3H3. The van der Waals surface area contributed by atoms with E-state index in [1.807, 2.05) is 4.57 Å². The molecule has 0 saturated heterocycles. The highest BCUT2D eigenvalue weighted by Crippen LogP contribution is 2.10. The van der Waals surface area contributed by atoms with Gasteiger partial charge in [0.1, 0.15) is 12.7 Å². The molecule has 0 unspecified atom stereocenters. The van der Waals surface area contributed by atoms with Gasteiger partial charge in [-0.2, -0.15) is 0 Å². The second kappa shape index (κ2) is 5.85. The summed E-state index contributed by atoms with van der Waals surface area (Å²) in [6, 6.07) is 0. The van der Waals surface area contributed by atoms with Crippen LogP contribution in [0.5, 0.6) is 0 Å². The van der Waals surface area contributed by atoms with Crippen molar-refractivity contribution < 1.29 is 0 Å². The Bertz CT molecular complexity index is 248. The van der Waals surface area contributed by atoms with Gasteiger partial charge in [0.2, 0.25) is 0 Å². The maximum absolute atomic E-state index is 3.77. The molecule has 0 saturated carbocycles. The van der Waals surface area contributed by atoms with Gasteiger partial charge in [-0.3, -0.25) is 0 Å². The molecular weight excluding hydrogens is 188 g/mol. The molecule has 1 heterocycles. The molecule has 1 N–H and O–H groups in total. The van der Waals surface area contributed by atoms with Gasteiger partial charge in [0.25, 0.3) is 0 Å². The third kappa shape index (κ3) is 6.23. The molecule has 0 aliphatic heterocycles. The highest BCUT2D eigenvalue weighted by molar-refractivity contribution is 4.65. The molecule has 0 aliphatic rings. The first-order valence-electron chi connectivity index (χ1n) is 5.61. The van der Waals surface area contributed by atoms with Crippen LogP contribution in [0.15, 0.2) is 12.7 Å². The van der Waals surface area contributed by atoms with Crippen LogP contribution in [0.25, 0.3) is 0 Å². The largest absolute Gasteiger partial charge is 0.320 e. The van der Waals surface area contributed by atoms with Crippen LogP contribution in [0, 0.1) is 5.41 Å². The second-order valence-corrected chi connectivity index (χ2v) is 5.14. The molecule has 0 fully saturated rings. The zero-order chi connectivity index (χ0) is 11.1. The summed E-state index contributed by atoms with van der Waals surface area (Å²) in [6.45, 7) is 9.94. The zero-order valence-electron chi connectivity index (χ0n) is 10.0. The number of unbranched alkanes of at least 4 members (excludes halogenated alkanes) is 1. The molecular formula is C11H22N4. The molecule has 0 radical (unpaired) electrons. The minimum absolute atomic E-state index is 0.383. The smallest absolute Gasteiger partial charge is 0.119 e. The van der Waals surface area contributed by atoms with Crippen molar-refractivity contribution in [3.63, 3.8) is 0 Å². The van der Waals surface area contributed by atoms with Gasteiger partial charge in [-0.05, 0) is 31.3 Å². The lowest BCUT2D eigenvalue weighted by molar-refractivity contribution is 0.377. The molecule has 0 amide bonds. The van der Waals surface area contributed by atoms with Crippen LogP contribution in [0.4, 0.5) is 0 Å². The van der Waals surface area contributed by atoms with E-state index in [2.05, 4.69) is 36.3 Å². The Labute approximate surface area is 92.1 Å². The Morgan fingerprint density at radius 2 is 1.80 bits per heavy atom. The van der Waals surface area contributed by atoms with E-state index in [0.29, 0.717) is 5.41 Å². The summed E-state index contributed by atoms with van der Waals surface area (Å²) in [5.41, 5.74) is 0.383. The maximum atomic E-state index is 3.77. The molecule has 0 aromatic carbocycles. The fraction of sp³-hybridized carbons (Fsp3) is 0.818. The predicted octanol–water partition coefficient (Wildman–Crippen LogP) is 1.69. The van der Waals surface area contributed by atoms with Gasteiger partial charge >= 0.3 is 0 Å². The number of hydrogen-bond donors (Lipinski definition) is 1. The van der Waals surface area contributed by atoms with Crippen molar-refractivity contribution in [3.05, 3.63) is 12.7 Å². The summed E-state index contributed by atoms with van der Waals surface area (Å²) in [5, 5.41) is 11.0. The van der Waals surface area contributed by atoms with Crippen molar-refractivity contribution in [2.24, 2.45) is 5.41 Å². The Morgan fingerprint density at radius 1 is 1.13 bits per heavy atom. The number of nitrogens with zero attached hydrogens (tertiary/aromatic N) is 3. The number of hydrogen-bond acceptors (Lipinski definition) is 3. The zero-order valence-corrected chi connectivity index (χ0v) is 10.0. The summed E-state index contributed by atoms with van der Waals surface area (Å²) in [6.07, 6.45) is 5.91. The number of rotatable bonds is 6. The average molecular weight is 210 g/mol. The van der Waals surface area contributed by atoms with E-state index in [0.717, 1.165) is 19.6 Å². The monoisotopic (exact) mass is 210 g/mol. The van der Waals surface area contributed by atoms with Crippen LogP contribution in [-0.2, 0) is 6.54 Å². The topological polar surface area (TPSA) is 42.7 Å². The lowest BCUT2D eigenvalue weighted by Gasteiger charge is -2.18. The van der Waals surface area contributed by atoms with Crippen LogP contribution in [-0.4, -0.2) is 27.9 Å². The molecule has 4 nitrogen and oxygen atoms in total. The summed E-state index contributed by atoms with van der Waals surface area (Å²) >= 11 is 0. The van der Waals surface area contributed by atoms with E-state index >= 15 is 0 Å². The van der Waals surface area contributed by atoms with Gasteiger partial charge in [-0.25, -0.2) is 0 Å². The van der Waals surface area contributed by atoms with Crippen molar-refractivity contribution in [2.45, 2.75) is 40.2 Å². The van der Waals surface area contributed by atoms with Gasteiger partial charge in [0.15, 0.2) is 0 Å². The number of aryl methyl sites for hydroxylation is 1. The van der Waals surface area contributed by atoms with E-state index < -0.39 is 0 Å². The van der Waals surface area contributed by atoms with Crippen molar-refractivity contribution in [1.82, 2.24) is 20.1 Å². The Balaban J connectivity index is 1.94. The molecule has 0 atom stereocenters. The normalized spacial score (nSPS) is 11.9. The second-order valence-electron chi connectivity index (χ2n) is 5.14. The van der Waals surface area contributed by atoms with Gasteiger partial charge in [-0.15, -0.1) is 10.2 Å². The van der Waals surface area contributed by atoms with Crippen molar-refractivity contribution in [2.75, 3.05) is 13.1 Å². The van der Waals surface area contributed by atoms with E-state index in [1.54, 1.807) is 12.7 Å². The highest BCUT2D eigenvalue weighted by atomic mass is 15.2. The maximum Gasteiger partial charge on any atom is 0.119 e. The van der Waals surface area contributed by atoms with Crippen LogP contribution < -0.4 is 5.32 Å². The molecule has 0 spiro atoms. The summed E-state index contributed by atoms with van der Waals surface area (Å²) in [7, 11) is 0. The highest BCUT2D eigenvalue weighted by Gasteiger charge is 2.07. The first kappa shape index (κ1) is 12.2. The molecule has 1 aromatic heterocycles. The lowest BCUT2D eigenvalue weighted by Crippen LogP contribution is -2.27. The average Bonchev–Trinajstić information content (AvgIpc) is 2.61. The molecule has 4 heteroatoms. The van der Waals surface area contributed by atoms with E-state index in [9.17, 15) is 0 Å². The Kier molecular flexibility index (Phi) is 4.75. The quantitative estimate of drug-likeness (QED) is 0.727. The van der Waals surface area contributed by atoms with Crippen molar-refractivity contribution >= 4 is 0 Å². The summed E-state index contributed by atoms with van der Waals surface area (Å²) < 4.78 is 2.02. The third-order valence-electron chi connectivity index (χ3n) is 2.14. The van der Waals surface area contributed by atoms with Gasteiger partial charge in [-0.1, -0.05) is 20.8 Å². The van der Waals surface area contributed by atoms with Crippen LogP contribution in [0.3, 0.4) is 0 Å². The van der Waals surface area contributed by atoms with Gasteiger partial charge in [0, 0.05) is 6.54 Å². The first-order valence-corrected chi connectivity index (χ1v) is 5.61. The molecule has 15 heavy (non-hydrogen) atoms. The molecule has 86 valence electrons. The number of aromatic nitrogens is 3. The SMILES string of the molecule is CC(C)(C)CNCCCCn1cnnc1. The molecule has 1 aromatic rings. The fourth-order valence-electron chi connectivity index (χ4n) is 1.35. The lowest BCUT2D eigenvalue weighted by atomic mass is 9.97. The van der Waals surface area contributed by atoms with Crippen molar-refractivity contribution in [1.29, 1.82) is 0 Å².